The van der Waals surface area contributed by atoms with Gasteiger partial charge in [-0.25, -0.2) is 0 Å². The third-order valence-electron chi connectivity index (χ3n) is 3.48. The number of benzene rings is 1. The molecule has 1 aromatic rings. The average Bonchev–Trinajstić information content (AvgIpc) is 2.36. The molecule has 3 nitrogen and oxygen atoms in total. The fourth-order valence-electron chi connectivity index (χ4n) is 2.35. The second-order valence-electron chi connectivity index (χ2n) is 4.79. The number of hydrogen-bond donors (Lipinski definition) is 0. The van der Waals surface area contributed by atoms with Crippen LogP contribution in [-0.2, 0) is 13.0 Å². The summed E-state index contributed by atoms with van der Waals surface area (Å²) in [5.41, 5.74) is 2.75. The highest BCUT2D eigenvalue weighted by atomic mass is 16.5. The van der Waals surface area contributed by atoms with Crippen LogP contribution in [-0.4, -0.2) is 31.7 Å². The normalized spacial score (nSPS) is 15.8. The summed E-state index contributed by atoms with van der Waals surface area (Å²) in [6.45, 7) is 6.62. The fourth-order valence-corrected chi connectivity index (χ4v) is 2.35. The highest BCUT2D eigenvalue weighted by molar-refractivity contribution is 5.48. The van der Waals surface area contributed by atoms with Gasteiger partial charge in [0.15, 0.2) is 11.5 Å². The maximum atomic E-state index is 5.35. The Morgan fingerprint density at radius 2 is 1.65 bits per heavy atom. The predicted octanol–water partition coefficient (Wildman–Crippen LogP) is 2.47. The second kappa shape index (κ2) is 4.96. The molecule has 1 heterocycles. The summed E-state index contributed by atoms with van der Waals surface area (Å²) in [6.07, 6.45) is 1.09. The molecular formula is C14H21NO2. The molecule has 0 saturated heterocycles. The summed E-state index contributed by atoms with van der Waals surface area (Å²) >= 11 is 0. The van der Waals surface area contributed by atoms with Crippen LogP contribution in [0.1, 0.15) is 25.0 Å². The first-order valence-electron chi connectivity index (χ1n) is 6.13. The van der Waals surface area contributed by atoms with Crippen molar-refractivity contribution in [2.75, 3.05) is 20.8 Å². The molecule has 0 atom stereocenters. The maximum absolute atomic E-state index is 5.35. The van der Waals surface area contributed by atoms with Gasteiger partial charge in [0.05, 0.1) is 14.2 Å². The van der Waals surface area contributed by atoms with E-state index in [2.05, 4.69) is 30.9 Å². The number of nitrogens with zero attached hydrogens (tertiary/aromatic N) is 1. The molecule has 3 heteroatoms. The summed E-state index contributed by atoms with van der Waals surface area (Å²) in [5, 5.41) is 0. The van der Waals surface area contributed by atoms with Crippen LogP contribution in [0.5, 0.6) is 11.5 Å². The van der Waals surface area contributed by atoms with Crippen molar-refractivity contribution in [1.29, 1.82) is 0 Å². The van der Waals surface area contributed by atoms with Crippen LogP contribution >= 0.6 is 0 Å². The second-order valence-corrected chi connectivity index (χ2v) is 4.79. The molecule has 1 aliphatic heterocycles. The molecule has 2 rings (SSSR count). The summed E-state index contributed by atoms with van der Waals surface area (Å²) in [6, 6.07) is 4.82. The van der Waals surface area contributed by atoms with Gasteiger partial charge >= 0.3 is 0 Å². The van der Waals surface area contributed by atoms with Gasteiger partial charge in [-0.3, -0.25) is 4.90 Å². The van der Waals surface area contributed by atoms with Crippen molar-refractivity contribution >= 4 is 0 Å². The Morgan fingerprint density at radius 3 is 2.18 bits per heavy atom. The smallest absolute Gasteiger partial charge is 0.161 e. The van der Waals surface area contributed by atoms with Crippen molar-refractivity contribution in [2.24, 2.45) is 0 Å². The van der Waals surface area contributed by atoms with Gasteiger partial charge in [0.2, 0.25) is 0 Å². The van der Waals surface area contributed by atoms with Gasteiger partial charge in [-0.1, -0.05) is 0 Å². The lowest BCUT2D eigenvalue weighted by atomic mass is 9.98. The van der Waals surface area contributed by atoms with Crippen LogP contribution in [0.3, 0.4) is 0 Å². The van der Waals surface area contributed by atoms with E-state index < -0.39 is 0 Å². The third kappa shape index (κ3) is 2.39. The van der Waals surface area contributed by atoms with E-state index >= 15 is 0 Å². The molecule has 0 fully saturated rings. The number of fused-ring (bicyclic) bond motifs is 1. The lowest BCUT2D eigenvalue weighted by Crippen LogP contribution is -2.35. The Morgan fingerprint density at radius 1 is 1.06 bits per heavy atom. The predicted molar refractivity (Wildman–Crippen MR) is 68.8 cm³/mol. The molecule has 0 aliphatic carbocycles. The standard InChI is InChI=1S/C14H21NO2/c1-10(2)15-6-5-11-7-13(16-3)14(17-4)8-12(11)9-15/h7-8,10H,5-6,9H2,1-4H3. The van der Waals surface area contributed by atoms with E-state index in [9.17, 15) is 0 Å². The minimum Gasteiger partial charge on any atom is -0.493 e. The quantitative estimate of drug-likeness (QED) is 0.803. The zero-order valence-corrected chi connectivity index (χ0v) is 11.1. The lowest BCUT2D eigenvalue weighted by molar-refractivity contribution is 0.202. The summed E-state index contributed by atoms with van der Waals surface area (Å²) in [4.78, 5) is 2.48. The van der Waals surface area contributed by atoms with Crippen molar-refractivity contribution in [3.05, 3.63) is 23.3 Å². The topological polar surface area (TPSA) is 21.7 Å². The number of methoxy groups -OCH3 is 2. The highest BCUT2D eigenvalue weighted by Gasteiger charge is 2.20. The van der Waals surface area contributed by atoms with E-state index in [0.717, 1.165) is 31.0 Å². The monoisotopic (exact) mass is 235 g/mol. The van der Waals surface area contributed by atoms with Gasteiger partial charge < -0.3 is 9.47 Å². The third-order valence-corrected chi connectivity index (χ3v) is 3.48. The Bertz CT molecular complexity index is 401. The Kier molecular flexibility index (Phi) is 3.57. The van der Waals surface area contributed by atoms with Crippen LogP contribution in [0, 0.1) is 0 Å². The minimum absolute atomic E-state index is 0.594. The molecule has 1 aromatic carbocycles. The minimum atomic E-state index is 0.594. The van der Waals surface area contributed by atoms with Crippen molar-refractivity contribution in [1.82, 2.24) is 4.90 Å². The molecule has 0 amide bonds. The lowest BCUT2D eigenvalue weighted by Gasteiger charge is -2.32. The van der Waals surface area contributed by atoms with E-state index in [-0.39, 0.29) is 0 Å². The van der Waals surface area contributed by atoms with Gasteiger partial charge in [0.25, 0.3) is 0 Å². The number of ether oxygens (including phenoxy) is 2. The van der Waals surface area contributed by atoms with Crippen LogP contribution in [0.4, 0.5) is 0 Å². The molecule has 0 radical (unpaired) electrons. The van der Waals surface area contributed by atoms with E-state index in [1.807, 2.05) is 0 Å². The van der Waals surface area contributed by atoms with E-state index in [4.69, 9.17) is 9.47 Å². The summed E-state index contributed by atoms with van der Waals surface area (Å²) in [7, 11) is 3.38. The maximum Gasteiger partial charge on any atom is 0.161 e. The molecule has 94 valence electrons. The van der Waals surface area contributed by atoms with Gasteiger partial charge in [0, 0.05) is 19.1 Å². The van der Waals surface area contributed by atoms with Crippen molar-refractivity contribution in [3.8, 4) is 11.5 Å². The fraction of sp³-hybridized carbons (Fsp3) is 0.571. The van der Waals surface area contributed by atoms with Crippen LogP contribution in [0.15, 0.2) is 12.1 Å². The molecule has 0 unspecified atom stereocenters. The van der Waals surface area contributed by atoms with Gasteiger partial charge in [-0.05, 0) is 43.5 Å². The largest absolute Gasteiger partial charge is 0.493 e. The molecule has 0 spiro atoms. The first-order valence-corrected chi connectivity index (χ1v) is 6.13. The van der Waals surface area contributed by atoms with E-state index in [1.165, 1.54) is 11.1 Å². The first kappa shape index (κ1) is 12.2. The first-order chi connectivity index (χ1) is 8.15. The zero-order valence-electron chi connectivity index (χ0n) is 11.1. The number of hydrogen-bond acceptors (Lipinski definition) is 3. The summed E-state index contributed by atoms with van der Waals surface area (Å²) in [5.74, 6) is 1.67. The van der Waals surface area contributed by atoms with E-state index in [0.29, 0.717) is 6.04 Å². The van der Waals surface area contributed by atoms with E-state index in [1.54, 1.807) is 14.2 Å². The molecule has 17 heavy (non-hydrogen) atoms. The Balaban J connectivity index is 2.32. The molecule has 0 aromatic heterocycles. The van der Waals surface area contributed by atoms with Gasteiger partial charge in [-0.2, -0.15) is 0 Å². The average molecular weight is 235 g/mol. The molecule has 0 N–H and O–H groups in total. The zero-order chi connectivity index (χ0) is 12.4. The highest BCUT2D eigenvalue weighted by Crippen LogP contribution is 2.33. The molecule has 0 saturated carbocycles. The van der Waals surface area contributed by atoms with Crippen molar-refractivity contribution in [2.45, 2.75) is 32.9 Å². The van der Waals surface area contributed by atoms with Gasteiger partial charge in [-0.15, -0.1) is 0 Å². The Labute approximate surface area is 103 Å². The molecule has 0 bridgehead atoms. The van der Waals surface area contributed by atoms with Gasteiger partial charge in [0.1, 0.15) is 0 Å². The molecule has 1 aliphatic rings. The number of rotatable bonds is 3. The summed E-state index contributed by atoms with van der Waals surface area (Å²) < 4.78 is 10.7. The van der Waals surface area contributed by atoms with Crippen LogP contribution in [0.2, 0.25) is 0 Å². The van der Waals surface area contributed by atoms with Crippen molar-refractivity contribution in [3.63, 3.8) is 0 Å². The SMILES string of the molecule is COc1cc2c(cc1OC)CN(C(C)C)CC2. The van der Waals surface area contributed by atoms with Crippen LogP contribution < -0.4 is 9.47 Å². The van der Waals surface area contributed by atoms with Crippen LogP contribution in [0.25, 0.3) is 0 Å². The van der Waals surface area contributed by atoms with Crippen molar-refractivity contribution < 1.29 is 9.47 Å². The molecular weight excluding hydrogens is 214 g/mol. The Hall–Kier alpha value is -1.22.